The highest BCUT2D eigenvalue weighted by Gasteiger charge is 2.27. The number of hydrogen-bond donors (Lipinski definition) is 1. The molecule has 1 aliphatic carbocycles. The maximum Gasteiger partial charge on any atom is 0.111 e. The third-order valence-electron chi connectivity index (χ3n) is 6.93. The van der Waals surface area contributed by atoms with Crippen molar-refractivity contribution in [3.63, 3.8) is 0 Å². The Hall–Kier alpha value is -1.65. The molecule has 0 radical (unpaired) electrons. The van der Waals surface area contributed by atoms with E-state index >= 15 is 0 Å². The van der Waals surface area contributed by atoms with Crippen LogP contribution in [-0.4, -0.2) is 47.2 Å². The number of rotatable bonds is 8. The van der Waals surface area contributed by atoms with Crippen molar-refractivity contribution in [2.45, 2.75) is 85.6 Å². The molecule has 2 heterocycles. The van der Waals surface area contributed by atoms with E-state index in [-0.39, 0.29) is 0 Å². The van der Waals surface area contributed by atoms with Gasteiger partial charge in [0.2, 0.25) is 0 Å². The molecule has 4 heteroatoms. The van der Waals surface area contributed by atoms with Crippen molar-refractivity contribution in [3.05, 3.63) is 41.7 Å². The van der Waals surface area contributed by atoms with Gasteiger partial charge >= 0.3 is 0 Å². The normalized spacial score (nSPS) is 19.5. The minimum Gasteiger partial charge on any atom is -0.325 e. The van der Waals surface area contributed by atoms with E-state index in [2.05, 4.69) is 65.9 Å². The Morgan fingerprint density at radius 1 is 1.09 bits per heavy atom. The van der Waals surface area contributed by atoms with Gasteiger partial charge in [0.05, 0.1) is 11.0 Å². The van der Waals surface area contributed by atoms with E-state index in [9.17, 15) is 0 Å². The van der Waals surface area contributed by atoms with Gasteiger partial charge in [-0.05, 0) is 62.6 Å². The topological polar surface area (TPSA) is 33.1 Å². The lowest BCUT2D eigenvalue weighted by Gasteiger charge is -2.36. The van der Waals surface area contributed by atoms with Gasteiger partial charge in [-0.1, -0.05) is 58.4 Å². The van der Waals surface area contributed by atoms with Crippen molar-refractivity contribution < 1.29 is 0 Å². The van der Waals surface area contributed by atoms with Gasteiger partial charge in [-0.2, -0.15) is 0 Å². The predicted octanol–water partition coefficient (Wildman–Crippen LogP) is 6.38. The van der Waals surface area contributed by atoms with Crippen LogP contribution in [0.5, 0.6) is 0 Å². The van der Waals surface area contributed by atoms with Gasteiger partial charge in [0, 0.05) is 38.6 Å². The molecule has 0 atom stereocenters. The van der Waals surface area contributed by atoms with Crippen LogP contribution >= 0.6 is 0 Å². The molecule has 4 rings (SSSR count). The van der Waals surface area contributed by atoms with E-state index in [0.29, 0.717) is 11.5 Å². The summed E-state index contributed by atoms with van der Waals surface area (Å²) in [5, 5.41) is 3.55. The van der Waals surface area contributed by atoms with Crippen molar-refractivity contribution in [1.82, 2.24) is 19.8 Å². The summed E-state index contributed by atoms with van der Waals surface area (Å²) in [6, 6.07) is 9.27. The number of aromatic nitrogens is 2. The minimum atomic E-state index is 0.485. The first kappa shape index (κ1) is 25.0. The summed E-state index contributed by atoms with van der Waals surface area (Å²) in [6.45, 7) is 16.7. The molecule has 1 fully saturated rings. The summed E-state index contributed by atoms with van der Waals surface area (Å²) in [4.78, 5) is 7.70. The van der Waals surface area contributed by atoms with E-state index in [1.165, 1.54) is 69.5 Å². The highest BCUT2D eigenvalue weighted by atomic mass is 15.2. The third-order valence-corrected chi connectivity index (χ3v) is 6.93. The van der Waals surface area contributed by atoms with Crippen LogP contribution in [0.25, 0.3) is 11.0 Å². The zero-order valence-corrected chi connectivity index (χ0v) is 21.3. The van der Waals surface area contributed by atoms with E-state index < -0.39 is 0 Å². The van der Waals surface area contributed by atoms with Crippen molar-refractivity contribution in [2.24, 2.45) is 5.41 Å². The van der Waals surface area contributed by atoms with Gasteiger partial charge in [0.15, 0.2) is 0 Å². The van der Waals surface area contributed by atoms with Crippen molar-refractivity contribution in [1.29, 1.82) is 0 Å². The molecule has 0 amide bonds. The highest BCUT2D eigenvalue weighted by molar-refractivity contribution is 5.76. The molecular weight excluding hydrogens is 392 g/mol. The summed E-state index contributed by atoms with van der Waals surface area (Å²) in [5.41, 5.74) is 4.62. The van der Waals surface area contributed by atoms with Crippen LogP contribution in [0.2, 0.25) is 0 Å². The van der Waals surface area contributed by atoms with E-state index in [1.54, 1.807) is 5.57 Å². The molecule has 1 saturated heterocycles. The summed E-state index contributed by atoms with van der Waals surface area (Å²) in [5.74, 6) is 1.26. The number of allylic oxidation sites excluding steroid dienone is 1. The van der Waals surface area contributed by atoms with Crippen LogP contribution in [-0.2, 0) is 6.42 Å². The molecule has 178 valence electrons. The van der Waals surface area contributed by atoms with Crippen molar-refractivity contribution in [2.75, 3.05) is 32.7 Å². The summed E-state index contributed by atoms with van der Waals surface area (Å²) >= 11 is 0. The number of nitrogens with one attached hydrogen (secondary N) is 1. The Morgan fingerprint density at radius 2 is 1.84 bits per heavy atom. The minimum absolute atomic E-state index is 0.485. The average molecular weight is 439 g/mol. The van der Waals surface area contributed by atoms with Crippen LogP contribution in [0.4, 0.5) is 0 Å². The highest BCUT2D eigenvalue weighted by Crippen LogP contribution is 2.36. The Balaban J connectivity index is 0.00000141. The number of piperidine rings is 1. The summed E-state index contributed by atoms with van der Waals surface area (Å²) in [7, 11) is 0. The Labute approximate surface area is 196 Å². The fourth-order valence-corrected chi connectivity index (χ4v) is 5.37. The van der Waals surface area contributed by atoms with Crippen LogP contribution in [0.15, 0.2) is 35.9 Å². The molecule has 1 aromatic heterocycles. The Kier molecular flexibility index (Phi) is 9.36. The quantitative estimate of drug-likeness (QED) is 0.383. The van der Waals surface area contributed by atoms with Crippen LogP contribution in [0.1, 0.15) is 85.0 Å². The monoisotopic (exact) mass is 438 g/mol. The molecule has 32 heavy (non-hydrogen) atoms. The number of hydrogen-bond acceptors (Lipinski definition) is 3. The Bertz CT molecular complexity index is 855. The molecule has 0 spiro atoms. The van der Waals surface area contributed by atoms with Gasteiger partial charge in [0.25, 0.3) is 0 Å². The lowest BCUT2D eigenvalue weighted by Crippen LogP contribution is -2.37. The predicted molar refractivity (Wildman–Crippen MR) is 138 cm³/mol. The molecule has 1 aromatic carbocycles. The second-order valence-corrected chi connectivity index (χ2v) is 10.1. The van der Waals surface area contributed by atoms with E-state index in [0.717, 1.165) is 25.0 Å². The standard InChI is InChI=1S/C26H40N4.C2H6/c1-4-15-27-16-11-25-28-23-9-5-6-10-24(23)30(25)22-12-17-29(18-13-22)20-21-8-7-14-26(2,3)19-21;1-2/h5-6,8-10,22,27H,4,7,11-20H2,1-3H3;1-2H3. The lowest BCUT2D eigenvalue weighted by molar-refractivity contribution is 0.191. The van der Waals surface area contributed by atoms with Gasteiger partial charge in [-0.15, -0.1) is 0 Å². The maximum absolute atomic E-state index is 5.01. The summed E-state index contributed by atoms with van der Waals surface area (Å²) < 4.78 is 2.57. The van der Waals surface area contributed by atoms with Gasteiger partial charge < -0.3 is 9.88 Å². The van der Waals surface area contributed by atoms with Crippen molar-refractivity contribution >= 4 is 11.0 Å². The molecule has 4 nitrogen and oxygen atoms in total. The number of likely N-dealkylation sites (tertiary alicyclic amines) is 1. The summed E-state index contributed by atoms with van der Waals surface area (Å²) in [6.07, 6.45) is 11.0. The molecular formula is C28H46N4. The fourth-order valence-electron chi connectivity index (χ4n) is 5.37. The molecule has 0 bridgehead atoms. The first-order valence-corrected chi connectivity index (χ1v) is 13.1. The van der Waals surface area contributed by atoms with Gasteiger partial charge in [-0.3, -0.25) is 4.90 Å². The third kappa shape index (κ3) is 6.45. The average Bonchev–Trinajstić information content (AvgIpc) is 3.16. The molecule has 1 aliphatic heterocycles. The fraction of sp³-hybridized carbons (Fsp3) is 0.679. The molecule has 1 N–H and O–H groups in total. The Morgan fingerprint density at radius 3 is 2.56 bits per heavy atom. The molecule has 0 unspecified atom stereocenters. The molecule has 0 saturated carbocycles. The zero-order chi connectivity index (χ0) is 23.0. The van der Waals surface area contributed by atoms with Gasteiger partial charge in [-0.25, -0.2) is 4.98 Å². The zero-order valence-electron chi connectivity index (χ0n) is 21.3. The second-order valence-electron chi connectivity index (χ2n) is 10.1. The number of para-hydroxylation sites is 2. The number of fused-ring (bicyclic) bond motifs is 1. The second kappa shape index (κ2) is 12.0. The SMILES string of the molecule is CC.CCCNCCc1nc2ccccc2n1C1CCN(CC2=CCCC(C)(C)C2)CC1. The van der Waals surface area contributed by atoms with E-state index in [1.807, 2.05) is 13.8 Å². The number of imidazole rings is 1. The van der Waals surface area contributed by atoms with Gasteiger partial charge in [0.1, 0.15) is 5.82 Å². The lowest BCUT2D eigenvalue weighted by atomic mass is 9.77. The molecule has 2 aromatic rings. The van der Waals surface area contributed by atoms with Crippen LogP contribution in [0.3, 0.4) is 0 Å². The van der Waals surface area contributed by atoms with Crippen LogP contribution in [0, 0.1) is 5.41 Å². The largest absolute Gasteiger partial charge is 0.325 e. The smallest absolute Gasteiger partial charge is 0.111 e. The molecule has 2 aliphatic rings. The van der Waals surface area contributed by atoms with Crippen molar-refractivity contribution in [3.8, 4) is 0 Å². The first-order chi connectivity index (χ1) is 15.6. The van der Waals surface area contributed by atoms with Crippen LogP contribution < -0.4 is 5.32 Å². The maximum atomic E-state index is 5.01. The van der Waals surface area contributed by atoms with E-state index in [4.69, 9.17) is 4.98 Å². The number of nitrogens with zero attached hydrogens (tertiary/aromatic N) is 3. The number of benzene rings is 1. The first-order valence-electron chi connectivity index (χ1n) is 13.1.